The van der Waals surface area contributed by atoms with Gasteiger partial charge in [0.1, 0.15) is 5.82 Å². The van der Waals surface area contributed by atoms with Crippen molar-refractivity contribution in [2.45, 2.75) is 20.0 Å². The molecule has 33 heavy (non-hydrogen) atoms. The molecule has 0 radical (unpaired) electrons. The molecular weight excluding hydrogens is 440 g/mol. The molecule has 0 bridgehead atoms. The zero-order chi connectivity index (χ0) is 23.9. The molecule has 3 heterocycles. The Morgan fingerprint density at radius 3 is 2.52 bits per heavy atom. The lowest BCUT2D eigenvalue weighted by atomic mass is 10.1. The highest BCUT2D eigenvalue weighted by atomic mass is 19.4. The van der Waals surface area contributed by atoms with Gasteiger partial charge in [0.05, 0.1) is 27.9 Å². The van der Waals surface area contributed by atoms with Gasteiger partial charge in [-0.05, 0) is 31.7 Å². The summed E-state index contributed by atoms with van der Waals surface area (Å²) in [7, 11) is 1.76. The summed E-state index contributed by atoms with van der Waals surface area (Å²) in [5.41, 5.74) is 0.589. The van der Waals surface area contributed by atoms with Crippen molar-refractivity contribution in [3.63, 3.8) is 0 Å². The fourth-order valence-electron chi connectivity index (χ4n) is 4.19. The number of aromatic nitrogens is 3. The standard InChI is InChI=1S/C22H24F4N6O/c1-4-31-7-9-32(10-8-31)19-15(12-27-20-18(19)13(2)29-30(20)3)21(33)28-14-5-6-17(23)16(11-14)22(24,25)26/h5-6,11-12H,4,7-10H2,1-3H3,(H,28,33). The molecule has 1 fully saturated rings. The lowest BCUT2D eigenvalue weighted by Crippen LogP contribution is -2.46. The number of anilines is 2. The van der Waals surface area contributed by atoms with E-state index < -0.39 is 23.5 Å². The Hall–Kier alpha value is -3.21. The van der Waals surface area contributed by atoms with Crippen LogP contribution in [0, 0.1) is 12.7 Å². The van der Waals surface area contributed by atoms with Crippen LogP contribution in [0.4, 0.5) is 28.9 Å². The third kappa shape index (κ3) is 4.37. The summed E-state index contributed by atoms with van der Waals surface area (Å²) in [4.78, 5) is 22.0. The van der Waals surface area contributed by atoms with Crippen LogP contribution in [0.1, 0.15) is 28.5 Å². The predicted octanol–water partition coefficient (Wildman–Crippen LogP) is 3.83. The van der Waals surface area contributed by atoms with Crippen LogP contribution in [-0.2, 0) is 13.2 Å². The number of carbonyl (C=O) groups is 1. The number of carbonyl (C=O) groups excluding carboxylic acids is 1. The number of hydrogen-bond acceptors (Lipinski definition) is 5. The number of alkyl halides is 3. The van der Waals surface area contributed by atoms with E-state index in [-0.39, 0.29) is 11.3 Å². The highest BCUT2D eigenvalue weighted by Gasteiger charge is 2.34. The van der Waals surface area contributed by atoms with Crippen LogP contribution in [0.2, 0.25) is 0 Å². The van der Waals surface area contributed by atoms with Crippen LogP contribution in [0.5, 0.6) is 0 Å². The number of fused-ring (bicyclic) bond motifs is 1. The maximum absolute atomic E-state index is 13.7. The number of likely N-dealkylation sites (N-methyl/N-ethyl adjacent to an activating group) is 1. The number of pyridine rings is 1. The summed E-state index contributed by atoms with van der Waals surface area (Å²) in [6.45, 7) is 7.81. The molecular formula is C22H24F4N6O. The van der Waals surface area contributed by atoms with Crippen LogP contribution < -0.4 is 10.2 Å². The molecule has 4 rings (SSSR count). The van der Waals surface area contributed by atoms with Gasteiger partial charge in [0.15, 0.2) is 5.65 Å². The van der Waals surface area contributed by atoms with Gasteiger partial charge in [-0.25, -0.2) is 9.37 Å². The third-order valence-corrected chi connectivity index (χ3v) is 5.91. The average Bonchev–Trinajstić information content (AvgIpc) is 3.07. The number of hydrogen-bond donors (Lipinski definition) is 1. The molecule has 1 aromatic carbocycles. The number of nitrogens with zero attached hydrogens (tertiary/aromatic N) is 5. The molecule has 3 aromatic rings. The number of amides is 1. The van der Waals surface area contributed by atoms with Crippen molar-refractivity contribution < 1.29 is 22.4 Å². The Morgan fingerprint density at radius 1 is 1.18 bits per heavy atom. The number of benzene rings is 1. The van der Waals surface area contributed by atoms with Gasteiger partial charge in [-0.2, -0.15) is 18.3 Å². The van der Waals surface area contributed by atoms with Crippen molar-refractivity contribution in [2.75, 3.05) is 42.9 Å². The molecule has 1 aliphatic rings. The highest BCUT2D eigenvalue weighted by Crippen LogP contribution is 2.35. The first-order chi connectivity index (χ1) is 15.6. The van der Waals surface area contributed by atoms with Gasteiger partial charge >= 0.3 is 6.18 Å². The smallest absolute Gasteiger partial charge is 0.368 e. The second-order valence-electron chi connectivity index (χ2n) is 8.00. The number of halogens is 4. The Bertz CT molecular complexity index is 1200. The second kappa shape index (κ2) is 8.62. The van der Waals surface area contributed by atoms with E-state index in [1.54, 1.807) is 11.7 Å². The van der Waals surface area contributed by atoms with Crippen LogP contribution in [0.15, 0.2) is 24.4 Å². The van der Waals surface area contributed by atoms with E-state index in [0.717, 1.165) is 31.1 Å². The fraction of sp³-hybridized carbons (Fsp3) is 0.409. The lowest BCUT2D eigenvalue weighted by molar-refractivity contribution is -0.139. The molecule has 7 nitrogen and oxygen atoms in total. The van der Waals surface area contributed by atoms with Gasteiger partial charge < -0.3 is 15.1 Å². The van der Waals surface area contributed by atoms with Crippen molar-refractivity contribution in [2.24, 2.45) is 7.05 Å². The minimum absolute atomic E-state index is 0.154. The number of piperazine rings is 1. The van der Waals surface area contributed by atoms with E-state index in [1.165, 1.54) is 6.20 Å². The maximum atomic E-state index is 13.7. The van der Waals surface area contributed by atoms with E-state index in [1.807, 2.05) is 6.92 Å². The lowest BCUT2D eigenvalue weighted by Gasteiger charge is -2.36. The van der Waals surface area contributed by atoms with Crippen molar-refractivity contribution >= 4 is 28.3 Å². The first-order valence-electron chi connectivity index (χ1n) is 10.6. The molecule has 1 amide bonds. The number of nitrogens with one attached hydrogen (secondary N) is 1. The molecule has 1 aliphatic heterocycles. The monoisotopic (exact) mass is 464 g/mol. The van der Waals surface area contributed by atoms with Crippen LogP contribution in [0.25, 0.3) is 11.0 Å². The minimum atomic E-state index is -4.87. The largest absolute Gasteiger partial charge is 0.419 e. The summed E-state index contributed by atoms with van der Waals surface area (Å²) in [6, 6.07) is 2.38. The van der Waals surface area contributed by atoms with Crippen LogP contribution >= 0.6 is 0 Å². The third-order valence-electron chi connectivity index (χ3n) is 5.91. The average molecular weight is 464 g/mol. The van der Waals surface area contributed by atoms with Gasteiger partial charge in [-0.1, -0.05) is 6.92 Å². The maximum Gasteiger partial charge on any atom is 0.419 e. The summed E-state index contributed by atoms with van der Waals surface area (Å²) >= 11 is 0. The van der Waals surface area contributed by atoms with E-state index in [4.69, 9.17) is 0 Å². The quantitative estimate of drug-likeness (QED) is 0.595. The van der Waals surface area contributed by atoms with E-state index in [2.05, 4.69) is 32.1 Å². The fourth-order valence-corrected chi connectivity index (χ4v) is 4.19. The molecule has 176 valence electrons. The topological polar surface area (TPSA) is 66.3 Å². The van der Waals surface area contributed by atoms with Crippen LogP contribution in [-0.4, -0.2) is 58.3 Å². The molecule has 1 N–H and O–H groups in total. The van der Waals surface area contributed by atoms with Gasteiger partial charge in [0.2, 0.25) is 0 Å². The zero-order valence-electron chi connectivity index (χ0n) is 18.5. The number of aryl methyl sites for hydroxylation is 2. The van der Waals surface area contributed by atoms with E-state index in [0.29, 0.717) is 42.3 Å². The molecule has 1 saturated heterocycles. The van der Waals surface area contributed by atoms with Crippen molar-refractivity contribution in [1.29, 1.82) is 0 Å². The molecule has 0 unspecified atom stereocenters. The molecule has 0 saturated carbocycles. The second-order valence-corrected chi connectivity index (χ2v) is 8.00. The SMILES string of the molecule is CCN1CCN(c2c(C(=O)Nc3ccc(F)c(C(F)(F)F)c3)cnc3c2c(C)nn3C)CC1. The van der Waals surface area contributed by atoms with Gasteiger partial charge in [-0.3, -0.25) is 9.48 Å². The molecule has 2 aromatic heterocycles. The van der Waals surface area contributed by atoms with E-state index >= 15 is 0 Å². The summed E-state index contributed by atoms with van der Waals surface area (Å²) in [5.74, 6) is -2.02. The Kier molecular flexibility index (Phi) is 6.00. The van der Waals surface area contributed by atoms with E-state index in [9.17, 15) is 22.4 Å². The van der Waals surface area contributed by atoms with Gasteiger partial charge in [-0.15, -0.1) is 0 Å². The van der Waals surface area contributed by atoms with Gasteiger partial charge in [0, 0.05) is 45.1 Å². The molecule has 11 heteroatoms. The minimum Gasteiger partial charge on any atom is -0.368 e. The van der Waals surface area contributed by atoms with Crippen molar-refractivity contribution in [1.82, 2.24) is 19.7 Å². The van der Waals surface area contributed by atoms with Gasteiger partial charge in [0.25, 0.3) is 5.91 Å². The Morgan fingerprint density at radius 2 is 1.88 bits per heavy atom. The number of rotatable bonds is 4. The normalized spacial score (nSPS) is 15.3. The molecule has 0 spiro atoms. The molecule has 0 atom stereocenters. The van der Waals surface area contributed by atoms with Crippen LogP contribution in [0.3, 0.4) is 0 Å². The Labute approximate surface area is 188 Å². The first-order valence-corrected chi connectivity index (χ1v) is 10.6. The summed E-state index contributed by atoms with van der Waals surface area (Å²) in [6.07, 6.45) is -3.46. The zero-order valence-corrected chi connectivity index (χ0v) is 18.5. The Balaban J connectivity index is 1.75. The summed E-state index contributed by atoms with van der Waals surface area (Å²) < 4.78 is 54.6. The highest BCUT2D eigenvalue weighted by molar-refractivity contribution is 6.12. The molecule has 0 aliphatic carbocycles. The van der Waals surface area contributed by atoms with Crippen molar-refractivity contribution in [3.8, 4) is 0 Å². The first kappa shape index (κ1) is 23.0. The predicted molar refractivity (Wildman–Crippen MR) is 117 cm³/mol. The van der Waals surface area contributed by atoms with Crippen molar-refractivity contribution in [3.05, 3.63) is 47.0 Å². The summed E-state index contributed by atoms with van der Waals surface area (Å²) in [5, 5.41) is 7.63.